The summed E-state index contributed by atoms with van der Waals surface area (Å²) in [6.45, 7) is 1.85. The van der Waals surface area contributed by atoms with Gasteiger partial charge >= 0.3 is 0 Å². The molecule has 0 bridgehead atoms. The molecular formula is C9H17N4O. The van der Waals surface area contributed by atoms with Crippen molar-refractivity contribution < 1.29 is 4.79 Å². The van der Waals surface area contributed by atoms with Crippen LogP contribution >= 0.6 is 0 Å². The van der Waals surface area contributed by atoms with Crippen molar-refractivity contribution in [2.24, 2.45) is 0 Å². The lowest BCUT2D eigenvalue weighted by Gasteiger charge is -2.41. The van der Waals surface area contributed by atoms with Crippen LogP contribution in [0.2, 0.25) is 0 Å². The quantitative estimate of drug-likeness (QED) is 0.627. The average molecular weight is 197 g/mol. The number of amides is 1. The van der Waals surface area contributed by atoms with Gasteiger partial charge < -0.3 is 0 Å². The fourth-order valence-corrected chi connectivity index (χ4v) is 2.05. The Labute approximate surface area is 84.4 Å². The molecule has 2 aliphatic heterocycles. The molecule has 0 aliphatic carbocycles. The molecule has 5 nitrogen and oxygen atoms in total. The molecule has 1 unspecified atom stereocenters. The molecular weight excluding hydrogens is 180 g/mol. The fraction of sp³-hybridized carbons (Fsp3) is 0.889. The molecule has 0 saturated carbocycles. The van der Waals surface area contributed by atoms with E-state index in [0.29, 0.717) is 6.42 Å². The zero-order valence-electron chi connectivity index (χ0n) is 8.57. The first-order valence-electron chi connectivity index (χ1n) is 5.24. The minimum absolute atomic E-state index is 0.134. The van der Waals surface area contributed by atoms with Gasteiger partial charge in [0.25, 0.3) is 0 Å². The van der Waals surface area contributed by atoms with Crippen molar-refractivity contribution in [2.75, 3.05) is 20.1 Å². The highest BCUT2D eigenvalue weighted by Crippen LogP contribution is 2.15. The van der Waals surface area contributed by atoms with Gasteiger partial charge in [-0.1, -0.05) is 0 Å². The normalized spacial score (nSPS) is 31.5. The second-order valence-corrected chi connectivity index (χ2v) is 3.89. The first-order valence-corrected chi connectivity index (χ1v) is 5.24. The maximum atomic E-state index is 11.2. The lowest BCUT2D eigenvalue weighted by Crippen LogP contribution is -2.60. The molecule has 1 amide bonds. The molecule has 1 atom stereocenters. The van der Waals surface area contributed by atoms with E-state index in [-0.39, 0.29) is 12.1 Å². The molecule has 2 fully saturated rings. The molecule has 0 spiro atoms. The van der Waals surface area contributed by atoms with E-state index in [4.69, 9.17) is 0 Å². The fourth-order valence-electron chi connectivity index (χ4n) is 2.05. The Hall–Kier alpha value is -0.650. The standard InChI is InChI=1S/C9H17N4O/c1-12-9(5-2-6-10-12)13-7-3-4-8(14)11-13/h9H,2-7H2,1H3,(H,11,14). The Morgan fingerprint density at radius 3 is 3.07 bits per heavy atom. The maximum absolute atomic E-state index is 11.2. The van der Waals surface area contributed by atoms with Gasteiger partial charge in [-0.15, -0.1) is 0 Å². The molecule has 2 heterocycles. The maximum Gasteiger partial charge on any atom is 0.234 e. The van der Waals surface area contributed by atoms with Gasteiger partial charge in [0.15, 0.2) is 0 Å². The second kappa shape index (κ2) is 4.25. The van der Waals surface area contributed by atoms with Crippen molar-refractivity contribution >= 4 is 5.91 Å². The third-order valence-corrected chi connectivity index (χ3v) is 2.81. The van der Waals surface area contributed by atoms with Crippen molar-refractivity contribution in [3.63, 3.8) is 0 Å². The number of rotatable bonds is 1. The summed E-state index contributed by atoms with van der Waals surface area (Å²) in [6, 6.07) is 0. The Bertz CT molecular complexity index is 221. The van der Waals surface area contributed by atoms with Crippen molar-refractivity contribution in [1.82, 2.24) is 20.9 Å². The highest BCUT2D eigenvalue weighted by molar-refractivity contribution is 5.75. The van der Waals surface area contributed by atoms with E-state index in [1.54, 1.807) is 0 Å². The highest BCUT2D eigenvalue weighted by Gasteiger charge is 2.29. The third-order valence-electron chi connectivity index (χ3n) is 2.81. The lowest BCUT2D eigenvalue weighted by molar-refractivity contribution is -0.136. The van der Waals surface area contributed by atoms with Gasteiger partial charge in [0.1, 0.15) is 0 Å². The Balaban J connectivity index is 1.94. The van der Waals surface area contributed by atoms with Gasteiger partial charge in [0.05, 0.1) is 6.17 Å². The Kier molecular flexibility index (Phi) is 3.00. The number of carbonyl (C=O) groups is 1. The summed E-state index contributed by atoms with van der Waals surface area (Å²) >= 11 is 0. The van der Waals surface area contributed by atoms with Gasteiger partial charge in [0.2, 0.25) is 5.91 Å². The predicted molar refractivity (Wildman–Crippen MR) is 51.9 cm³/mol. The topological polar surface area (TPSA) is 49.7 Å². The van der Waals surface area contributed by atoms with Gasteiger partial charge in [-0.25, -0.2) is 10.0 Å². The van der Waals surface area contributed by atoms with Gasteiger partial charge in [-0.2, -0.15) is 5.43 Å². The van der Waals surface area contributed by atoms with Crippen LogP contribution in [0.1, 0.15) is 25.7 Å². The second-order valence-electron chi connectivity index (χ2n) is 3.89. The number of hydrazine groups is 1. The van der Waals surface area contributed by atoms with Crippen LogP contribution in [0.25, 0.3) is 0 Å². The molecule has 14 heavy (non-hydrogen) atoms. The lowest BCUT2D eigenvalue weighted by atomic mass is 10.2. The van der Waals surface area contributed by atoms with Crippen LogP contribution < -0.4 is 10.9 Å². The highest BCUT2D eigenvalue weighted by atomic mass is 16.2. The molecule has 1 radical (unpaired) electrons. The first kappa shape index (κ1) is 9.89. The van der Waals surface area contributed by atoms with Crippen LogP contribution in [0, 0.1) is 0 Å². The van der Waals surface area contributed by atoms with Crippen LogP contribution in [0.15, 0.2) is 0 Å². The molecule has 0 aromatic carbocycles. The summed E-state index contributed by atoms with van der Waals surface area (Å²) in [4.78, 5) is 11.2. The molecule has 79 valence electrons. The van der Waals surface area contributed by atoms with Gasteiger partial charge in [-0.05, 0) is 19.3 Å². The minimum atomic E-state index is 0.134. The van der Waals surface area contributed by atoms with Crippen LogP contribution in [0.4, 0.5) is 0 Å². The number of nitrogens with zero attached hydrogens (tertiary/aromatic N) is 3. The molecule has 5 heteroatoms. The minimum Gasteiger partial charge on any atom is -0.287 e. The zero-order chi connectivity index (χ0) is 9.97. The Morgan fingerprint density at radius 1 is 1.50 bits per heavy atom. The van der Waals surface area contributed by atoms with E-state index in [9.17, 15) is 4.79 Å². The SMILES string of the molecule is CN1[N]CCCC1N1CCCC(=O)N1. The smallest absolute Gasteiger partial charge is 0.234 e. The number of hydrogen-bond acceptors (Lipinski definition) is 3. The zero-order valence-corrected chi connectivity index (χ0v) is 8.57. The average Bonchev–Trinajstić information content (AvgIpc) is 2.18. The molecule has 2 saturated heterocycles. The van der Waals surface area contributed by atoms with E-state index in [0.717, 1.165) is 32.4 Å². The summed E-state index contributed by atoms with van der Waals surface area (Å²) in [6.07, 6.45) is 4.06. The van der Waals surface area contributed by atoms with Crippen molar-refractivity contribution in [1.29, 1.82) is 0 Å². The molecule has 1 N–H and O–H groups in total. The molecule has 2 rings (SSSR count). The van der Waals surface area contributed by atoms with Gasteiger partial charge in [0, 0.05) is 26.6 Å². The molecule has 0 aromatic rings. The number of hydrogen-bond donors (Lipinski definition) is 1. The van der Waals surface area contributed by atoms with E-state index in [1.807, 2.05) is 17.1 Å². The summed E-state index contributed by atoms with van der Waals surface area (Å²) in [7, 11) is 1.98. The van der Waals surface area contributed by atoms with Crippen molar-refractivity contribution in [3.05, 3.63) is 0 Å². The first-order chi connectivity index (χ1) is 6.77. The predicted octanol–water partition coefficient (Wildman–Crippen LogP) is -0.315. The molecule has 0 aromatic heterocycles. The summed E-state index contributed by atoms with van der Waals surface area (Å²) in [5.74, 6) is 0.134. The largest absolute Gasteiger partial charge is 0.287 e. The summed E-state index contributed by atoms with van der Waals surface area (Å²) in [5, 5.41) is 3.99. The Morgan fingerprint density at radius 2 is 2.36 bits per heavy atom. The van der Waals surface area contributed by atoms with E-state index >= 15 is 0 Å². The van der Waals surface area contributed by atoms with Crippen LogP contribution in [0.3, 0.4) is 0 Å². The van der Waals surface area contributed by atoms with Crippen LogP contribution in [0.5, 0.6) is 0 Å². The van der Waals surface area contributed by atoms with Crippen molar-refractivity contribution in [2.45, 2.75) is 31.8 Å². The third kappa shape index (κ3) is 2.05. The van der Waals surface area contributed by atoms with Crippen LogP contribution in [-0.2, 0) is 4.79 Å². The summed E-state index contributed by atoms with van der Waals surface area (Å²) < 4.78 is 0. The number of nitrogens with one attached hydrogen (secondary N) is 1. The molecule has 2 aliphatic rings. The van der Waals surface area contributed by atoms with Gasteiger partial charge in [-0.3, -0.25) is 10.2 Å². The monoisotopic (exact) mass is 197 g/mol. The van der Waals surface area contributed by atoms with E-state index < -0.39 is 0 Å². The van der Waals surface area contributed by atoms with E-state index in [2.05, 4.69) is 10.9 Å². The summed E-state index contributed by atoms with van der Waals surface area (Å²) in [5.41, 5.74) is 7.26. The van der Waals surface area contributed by atoms with E-state index in [1.165, 1.54) is 0 Å². The van der Waals surface area contributed by atoms with Crippen LogP contribution in [-0.4, -0.2) is 42.2 Å². The van der Waals surface area contributed by atoms with Crippen molar-refractivity contribution in [3.8, 4) is 0 Å². The number of carbonyl (C=O) groups excluding carboxylic acids is 1.